The van der Waals surface area contributed by atoms with Crippen LogP contribution in [0.25, 0.3) is 0 Å². The van der Waals surface area contributed by atoms with Gasteiger partial charge in [0.05, 0.1) is 5.60 Å². The van der Waals surface area contributed by atoms with Crippen molar-refractivity contribution in [2.45, 2.75) is 45.1 Å². The van der Waals surface area contributed by atoms with E-state index < -0.39 is 5.60 Å². The van der Waals surface area contributed by atoms with Crippen LogP contribution in [0.2, 0.25) is 0 Å². The van der Waals surface area contributed by atoms with Crippen molar-refractivity contribution >= 4 is 0 Å². The number of hydrogen-bond donors (Lipinski definition) is 1. The van der Waals surface area contributed by atoms with Crippen molar-refractivity contribution in [3.63, 3.8) is 0 Å². The molecule has 0 amide bonds. The van der Waals surface area contributed by atoms with Gasteiger partial charge in [-0.25, -0.2) is 0 Å². The number of benzene rings is 1. The molecule has 1 saturated carbocycles. The molecule has 0 radical (unpaired) electrons. The highest BCUT2D eigenvalue weighted by molar-refractivity contribution is 5.27. The molecule has 0 spiro atoms. The molecule has 1 heteroatoms. The number of aryl methyl sites for hydroxylation is 1. The second-order valence-electron chi connectivity index (χ2n) is 4.97. The quantitative estimate of drug-likeness (QED) is 0.798. The van der Waals surface area contributed by atoms with Crippen LogP contribution in [0, 0.1) is 5.92 Å². The molecule has 1 nitrogen and oxygen atoms in total. The largest absolute Gasteiger partial charge is 0.385 e. The van der Waals surface area contributed by atoms with Gasteiger partial charge in [-0.05, 0) is 36.8 Å². The Hall–Kier alpha value is -0.820. The molecule has 1 aliphatic rings. The van der Waals surface area contributed by atoms with Gasteiger partial charge in [-0.3, -0.25) is 0 Å². The van der Waals surface area contributed by atoms with Crippen molar-refractivity contribution in [3.8, 4) is 0 Å². The smallest absolute Gasteiger partial charge is 0.0871 e. The second-order valence-corrected chi connectivity index (χ2v) is 4.97. The van der Waals surface area contributed by atoms with Crippen LogP contribution >= 0.6 is 0 Å². The number of rotatable bonds is 4. The lowest BCUT2D eigenvalue weighted by Gasteiger charge is -2.24. The van der Waals surface area contributed by atoms with Crippen molar-refractivity contribution in [1.82, 2.24) is 0 Å². The summed E-state index contributed by atoms with van der Waals surface area (Å²) in [5.74, 6) is 0.755. The van der Waals surface area contributed by atoms with Gasteiger partial charge in [0.2, 0.25) is 0 Å². The van der Waals surface area contributed by atoms with Crippen LogP contribution in [0.15, 0.2) is 24.3 Å². The lowest BCUT2D eigenvalue weighted by atomic mass is 9.90. The predicted octanol–water partition coefficient (Wildman–Crippen LogP) is 3.26. The van der Waals surface area contributed by atoms with Crippen LogP contribution in [-0.4, -0.2) is 5.11 Å². The van der Waals surface area contributed by atoms with E-state index in [1.54, 1.807) is 0 Å². The molecule has 0 bridgehead atoms. The van der Waals surface area contributed by atoms with Crippen LogP contribution < -0.4 is 0 Å². The van der Waals surface area contributed by atoms with Gasteiger partial charge in [0.15, 0.2) is 0 Å². The molecule has 82 valence electrons. The molecule has 1 aromatic rings. The standard InChI is InChI=1S/C14H20O/c1-3-11-6-8-13(9-7-11)14(2,15)10-12-4-5-12/h6-9,12,15H,3-5,10H2,1-2H3. The normalized spacial score (nSPS) is 19.9. The molecule has 0 aliphatic heterocycles. The van der Waals surface area contributed by atoms with Crippen molar-refractivity contribution < 1.29 is 5.11 Å². The van der Waals surface area contributed by atoms with Crippen molar-refractivity contribution in [2.75, 3.05) is 0 Å². The molecule has 15 heavy (non-hydrogen) atoms. The first kappa shape index (κ1) is 10.7. The van der Waals surface area contributed by atoms with Crippen LogP contribution in [0.5, 0.6) is 0 Å². The van der Waals surface area contributed by atoms with Gasteiger partial charge >= 0.3 is 0 Å². The summed E-state index contributed by atoms with van der Waals surface area (Å²) in [6.07, 6.45) is 4.57. The number of hydrogen-bond acceptors (Lipinski definition) is 1. The minimum atomic E-state index is -0.632. The van der Waals surface area contributed by atoms with E-state index in [4.69, 9.17) is 0 Å². The monoisotopic (exact) mass is 204 g/mol. The van der Waals surface area contributed by atoms with E-state index in [1.165, 1.54) is 18.4 Å². The fourth-order valence-corrected chi connectivity index (χ4v) is 2.10. The summed E-state index contributed by atoms with van der Waals surface area (Å²) in [6, 6.07) is 8.38. The molecular weight excluding hydrogens is 184 g/mol. The molecule has 1 aromatic carbocycles. The molecule has 1 atom stereocenters. The lowest BCUT2D eigenvalue weighted by molar-refractivity contribution is 0.0417. The fourth-order valence-electron chi connectivity index (χ4n) is 2.10. The molecule has 1 fully saturated rings. The Morgan fingerprint density at radius 1 is 1.27 bits per heavy atom. The van der Waals surface area contributed by atoms with Crippen molar-refractivity contribution in [3.05, 3.63) is 35.4 Å². The van der Waals surface area contributed by atoms with Crippen LogP contribution in [-0.2, 0) is 12.0 Å². The van der Waals surface area contributed by atoms with Gasteiger partial charge in [0.1, 0.15) is 0 Å². The summed E-state index contributed by atoms with van der Waals surface area (Å²) in [5, 5.41) is 10.4. The van der Waals surface area contributed by atoms with Gasteiger partial charge in [0, 0.05) is 0 Å². The number of aliphatic hydroxyl groups is 1. The molecule has 0 saturated heterocycles. The molecule has 1 unspecified atom stereocenters. The van der Waals surface area contributed by atoms with Gasteiger partial charge in [-0.1, -0.05) is 44.0 Å². The summed E-state index contributed by atoms with van der Waals surface area (Å²) >= 11 is 0. The second kappa shape index (κ2) is 3.97. The Morgan fingerprint density at radius 2 is 1.87 bits per heavy atom. The first-order valence-corrected chi connectivity index (χ1v) is 5.93. The van der Waals surface area contributed by atoms with E-state index in [1.807, 2.05) is 6.92 Å². The highest BCUT2D eigenvalue weighted by Crippen LogP contribution is 2.40. The summed E-state index contributed by atoms with van der Waals surface area (Å²) < 4.78 is 0. The van der Waals surface area contributed by atoms with Gasteiger partial charge < -0.3 is 5.11 Å². The fraction of sp³-hybridized carbons (Fsp3) is 0.571. The molecule has 0 aromatic heterocycles. The van der Waals surface area contributed by atoms with E-state index in [-0.39, 0.29) is 0 Å². The summed E-state index contributed by atoms with van der Waals surface area (Å²) in [5.41, 5.74) is 1.76. The van der Waals surface area contributed by atoms with E-state index in [0.29, 0.717) is 0 Å². The van der Waals surface area contributed by atoms with Crippen LogP contribution in [0.1, 0.15) is 44.2 Å². The van der Waals surface area contributed by atoms with Crippen LogP contribution in [0.3, 0.4) is 0 Å². The average Bonchev–Trinajstić information content (AvgIpc) is 3.01. The molecule has 1 aliphatic carbocycles. The van der Waals surface area contributed by atoms with Gasteiger partial charge in [0.25, 0.3) is 0 Å². The minimum absolute atomic E-state index is 0.632. The zero-order valence-corrected chi connectivity index (χ0v) is 9.66. The SMILES string of the molecule is CCc1ccc(C(C)(O)CC2CC2)cc1. The lowest BCUT2D eigenvalue weighted by Crippen LogP contribution is -2.21. The third-order valence-electron chi connectivity index (χ3n) is 3.37. The summed E-state index contributed by atoms with van der Waals surface area (Å²) in [4.78, 5) is 0. The van der Waals surface area contributed by atoms with Crippen molar-refractivity contribution in [2.24, 2.45) is 5.92 Å². The van der Waals surface area contributed by atoms with E-state index in [0.717, 1.165) is 24.3 Å². The predicted molar refractivity (Wildman–Crippen MR) is 62.7 cm³/mol. The van der Waals surface area contributed by atoms with E-state index >= 15 is 0 Å². The van der Waals surface area contributed by atoms with E-state index in [9.17, 15) is 5.11 Å². The molecule has 0 heterocycles. The molecule has 2 rings (SSSR count). The Bertz CT molecular complexity index is 320. The highest BCUT2D eigenvalue weighted by Gasteiger charge is 2.32. The first-order valence-electron chi connectivity index (χ1n) is 5.93. The third kappa shape index (κ3) is 2.60. The summed E-state index contributed by atoms with van der Waals surface area (Å²) in [6.45, 7) is 4.09. The highest BCUT2D eigenvalue weighted by atomic mass is 16.3. The summed E-state index contributed by atoms with van der Waals surface area (Å²) in [7, 11) is 0. The molecular formula is C14H20O. The topological polar surface area (TPSA) is 20.2 Å². The maximum atomic E-state index is 10.4. The van der Waals surface area contributed by atoms with E-state index in [2.05, 4.69) is 31.2 Å². The van der Waals surface area contributed by atoms with Gasteiger partial charge in [-0.2, -0.15) is 0 Å². The Kier molecular flexibility index (Phi) is 2.83. The Balaban J connectivity index is 2.11. The maximum Gasteiger partial charge on any atom is 0.0871 e. The third-order valence-corrected chi connectivity index (χ3v) is 3.37. The zero-order chi connectivity index (χ0) is 10.9. The van der Waals surface area contributed by atoms with Gasteiger partial charge in [-0.15, -0.1) is 0 Å². The van der Waals surface area contributed by atoms with Crippen molar-refractivity contribution in [1.29, 1.82) is 0 Å². The average molecular weight is 204 g/mol. The Morgan fingerprint density at radius 3 is 2.33 bits per heavy atom. The zero-order valence-electron chi connectivity index (χ0n) is 9.66. The first-order chi connectivity index (χ1) is 7.12. The Labute approximate surface area is 92.1 Å². The minimum Gasteiger partial charge on any atom is -0.385 e. The molecule has 1 N–H and O–H groups in total. The maximum absolute atomic E-state index is 10.4. The van der Waals surface area contributed by atoms with Crippen LogP contribution in [0.4, 0.5) is 0 Å².